The minimum atomic E-state index is -9.79. The van der Waals surface area contributed by atoms with E-state index in [1.165, 1.54) is 6.92 Å². The van der Waals surface area contributed by atoms with Gasteiger partial charge in [0, 0.05) is 5.69 Å². The molecule has 1 aliphatic rings. The van der Waals surface area contributed by atoms with E-state index < -0.39 is 33.0 Å². The van der Waals surface area contributed by atoms with Gasteiger partial charge >= 0.3 is 10.2 Å². The number of nitrogens with zero attached hydrogens (tertiary/aromatic N) is 2. The minimum absolute atomic E-state index is 0.152. The predicted octanol–water partition coefficient (Wildman–Crippen LogP) is 4.62. The van der Waals surface area contributed by atoms with Gasteiger partial charge in [-0.25, -0.2) is 10.0 Å². The smallest absolute Gasteiger partial charge is 0.310 e. The number of hydrogen-bond donors (Lipinski definition) is 2. The molecule has 12 heteroatoms. The molecular formula is C17H15F5N4O2S. The summed E-state index contributed by atoms with van der Waals surface area (Å²) in [4.78, 5) is 26.6. The molecule has 29 heavy (non-hydrogen) atoms. The number of halogens is 5. The summed E-state index contributed by atoms with van der Waals surface area (Å²) >= 11 is 0. The average Bonchev–Trinajstić information content (AvgIpc) is 2.63. The van der Waals surface area contributed by atoms with E-state index in [2.05, 4.69) is 15.7 Å². The van der Waals surface area contributed by atoms with Crippen LogP contribution in [0, 0.1) is 0 Å². The molecule has 0 fully saturated rings. The molecule has 3 rings (SSSR count). The number of para-hydroxylation sites is 1. The van der Waals surface area contributed by atoms with Crippen molar-refractivity contribution in [2.45, 2.75) is 17.9 Å². The van der Waals surface area contributed by atoms with Crippen LogP contribution in [0.4, 0.5) is 30.8 Å². The lowest BCUT2D eigenvalue weighted by atomic mass is 10.2. The maximum atomic E-state index is 12.8. The number of hydrazine groups is 1. The Morgan fingerprint density at radius 3 is 2.17 bits per heavy atom. The van der Waals surface area contributed by atoms with Crippen molar-refractivity contribution in [1.82, 2.24) is 5.43 Å². The van der Waals surface area contributed by atoms with Crippen molar-refractivity contribution in [2.75, 3.05) is 10.3 Å². The molecule has 2 amide bonds. The van der Waals surface area contributed by atoms with Crippen LogP contribution in [0.5, 0.6) is 0 Å². The molecule has 0 aliphatic carbocycles. The van der Waals surface area contributed by atoms with Crippen molar-refractivity contribution in [3.63, 3.8) is 0 Å². The molecule has 0 saturated carbocycles. The van der Waals surface area contributed by atoms with Gasteiger partial charge in [0.2, 0.25) is 5.84 Å². The molecule has 0 bridgehead atoms. The Bertz CT molecular complexity index is 995. The zero-order valence-electron chi connectivity index (χ0n) is 14.8. The lowest BCUT2D eigenvalue weighted by molar-refractivity contribution is -0.120. The van der Waals surface area contributed by atoms with E-state index in [1.54, 1.807) is 30.3 Å². The van der Waals surface area contributed by atoms with Crippen LogP contribution in [0.2, 0.25) is 0 Å². The second-order valence-electron chi connectivity index (χ2n) is 6.22. The largest absolute Gasteiger partial charge is 0.319 e. The van der Waals surface area contributed by atoms with Crippen LogP contribution in [-0.2, 0) is 9.59 Å². The number of rotatable bonds is 4. The van der Waals surface area contributed by atoms with E-state index in [9.17, 15) is 29.0 Å². The molecule has 0 aromatic heterocycles. The summed E-state index contributed by atoms with van der Waals surface area (Å²) in [6.45, 7) is 1.47. The molecular weight excluding hydrogens is 419 g/mol. The normalized spacial score (nSPS) is 19.5. The van der Waals surface area contributed by atoms with Gasteiger partial charge in [0.05, 0.1) is 5.69 Å². The summed E-state index contributed by atoms with van der Waals surface area (Å²) in [6, 6.07) is 9.24. The van der Waals surface area contributed by atoms with E-state index >= 15 is 0 Å². The fourth-order valence-corrected chi connectivity index (χ4v) is 3.14. The molecule has 0 spiro atoms. The van der Waals surface area contributed by atoms with E-state index in [1.807, 2.05) is 0 Å². The van der Waals surface area contributed by atoms with Crippen molar-refractivity contribution >= 4 is 39.2 Å². The van der Waals surface area contributed by atoms with Crippen LogP contribution in [-0.4, -0.2) is 23.7 Å². The summed E-state index contributed by atoms with van der Waals surface area (Å²) in [5.41, 5.74) is 2.84. The first-order valence-corrected chi connectivity index (χ1v) is 10.1. The van der Waals surface area contributed by atoms with Crippen molar-refractivity contribution in [1.29, 1.82) is 0 Å². The molecule has 2 N–H and O–H groups in total. The molecule has 1 atom stereocenters. The van der Waals surface area contributed by atoms with Gasteiger partial charge < -0.3 is 5.32 Å². The molecule has 0 saturated heterocycles. The van der Waals surface area contributed by atoms with Gasteiger partial charge in [0.1, 0.15) is 10.9 Å². The first-order chi connectivity index (χ1) is 13.2. The molecule has 1 aliphatic heterocycles. The topological polar surface area (TPSA) is 73.8 Å². The minimum Gasteiger partial charge on any atom is -0.319 e. The van der Waals surface area contributed by atoms with Crippen LogP contribution >= 0.6 is 10.2 Å². The van der Waals surface area contributed by atoms with Gasteiger partial charge in [0.15, 0.2) is 0 Å². The van der Waals surface area contributed by atoms with Gasteiger partial charge in [-0.05, 0) is 43.3 Å². The molecule has 1 heterocycles. The van der Waals surface area contributed by atoms with E-state index in [0.29, 0.717) is 17.8 Å². The average molecular weight is 434 g/mol. The van der Waals surface area contributed by atoms with Crippen LogP contribution in [0.1, 0.15) is 6.92 Å². The monoisotopic (exact) mass is 434 g/mol. The Morgan fingerprint density at radius 2 is 1.62 bits per heavy atom. The number of hydrogen-bond acceptors (Lipinski definition) is 4. The predicted molar refractivity (Wildman–Crippen MR) is 100 cm³/mol. The number of nitrogens with one attached hydrogen (secondary N) is 2. The van der Waals surface area contributed by atoms with Gasteiger partial charge in [-0.3, -0.25) is 15.0 Å². The third kappa shape index (κ3) is 4.65. The molecule has 0 radical (unpaired) electrons. The van der Waals surface area contributed by atoms with Gasteiger partial charge in [-0.1, -0.05) is 37.6 Å². The number of benzene rings is 2. The molecule has 2 aromatic carbocycles. The summed E-state index contributed by atoms with van der Waals surface area (Å²) in [5.74, 6) is -1.55. The highest BCUT2D eigenvalue weighted by molar-refractivity contribution is 8.45. The fraction of sp³-hybridized carbons (Fsp3) is 0.118. The number of aliphatic imine (C=N–C) groups is 1. The second kappa shape index (κ2) is 6.17. The molecule has 156 valence electrons. The van der Waals surface area contributed by atoms with Crippen LogP contribution < -0.4 is 15.8 Å². The van der Waals surface area contributed by atoms with E-state index in [4.69, 9.17) is 0 Å². The number of anilines is 2. The molecule has 2 aromatic rings. The number of amidine groups is 1. The summed E-state index contributed by atoms with van der Waals surface area (Å²) < 4.78 is 63.8. The lowest BCUT2D eigenvalue weighted by Crippen LogP contribution is -2.57. The quantitative estimate of drug-likeness (QED) is 0.690. The van der Waals surface area contributed by atoms with Crippen LogP contribution in [0.3, 0.4) is 0 Å². The van der Waals surface area contributed by atoms with Crippen molar-refractivity contribution in [3.05, 3.63) is 54.6 Å². The highest BCUT2D eigenvalue weighted by Crippen LogP contribution is 3.02. The molecule has 1 unspecified atom stereocenters. The van der Waals surface area contributed by atoms with Gasteiger partial charge in [-0.2, -0.15) is 0 Å². The highest BCUT2D eigenvalue weighted by atomic mass is 32.5. The maximum absolute atomic E-state index is 12.8. The number of carbonyl (C=O) groups excluding carboxylic acids is 2. The van der Waals surface area contributed by atoms with Crippen molar-refractivity contribution in [3.8, 4) is 0 Å². The fourth-order valence-electron chi connectivity index (χ4n) is 2.49. The first kappa shape index (κ1) is 20.6. The summed E-state index contributed by atoms with van der Waals surface area (Å²) in [5, 5.41) is 3.37. The first-order valence-electron chi connectivity index (χ1n) is 8.13. The third-order valence-corrected chi connectivity index (χ3v) is 5.07. The standard InChI is InChI=1S/C17H15F5N4O2S/c1-11-17(28)26(13-5-3-2-4-6-13)25-15(23-11)16(27)24-12-7-9-14(10-8-12)29(18,19,20,21)22/h2-11H,1H3,(H,23,25)(H,24,27). The van der Waals surface area contributed by atoms with Crippen molar-refractivity contribution in [2.24, 2.45) is 4.99 Å². The Labute approximate surface area is 162 Å². The summed E-state index contributed by atoms with van der Waals surface area (Å²) in [6.07, 6.45) is 0. The van der Waals surface area contributed by atoms with Crippen LogP contribution in [0.15, 0.2) is 64.5 Å². The van der Waals surface area contributed by atoms with Crippen molar-refractivity contribution < 1.29 is 29.0 Å². The zero-order chi connectivity index (χ0) is 21.5. The second-order valence-corrected chi connectivity index (χ2v) is 8.63. The van der Waals surface area contributed by atoms with Crippen LogP contribution in [0.25, 0.3) is 0 Å². The maximum Gasteiger partial charge on any atom is 0.310 e. The Balaban J connectivity index is 1.79. The Hall–Kier alpha value is -3.15. The van der Waals surface area contributed by atoms with E-state index in [0.717, 1.165) is 5.01 Å². The third-order valence-electron chi connectivity index (χ3n) is 3.91. The van der Waals surface area contributed by atoms with Gasteiger partial charge in [0.25, 0.3) is 11.8 Å². The lowest BCUT2D eigenvalue weighted by Gasteiger charge is -2.40. The Morgan fingerprint density at radius 1 is 1.03 bits per heavy atom. The number of amides is 2. The summed E-state index contributed by atoms with van der Waals surface area (Å²) in [7, 11) is -9.79. The Kier molecular flexibility index (Phi) is 4.38. The SMILES string of the molecule is CC1N=C(C(=O)Nc2ccc(S(F)(F)(F)(F)F)cc2)NN(c2ccccc2)C1=O. The zero-order valence-corrected chi connectivity index (χ0v) is 15.6. The van der Waals surface area contributed by atoms with E-state index in [-0.39, 0.29) is 23.7 Å². The number of carbonyl (C=O) groups is 2. The highest BCUT2D eigenvalue weighted by Gasteiger charge is 2.65. The van der Waals surface area contributed by atoms with Gasteiger partial charge in [-0.15, -0.1) is 0 Å². The molecule has 6 nitrogen and oxygen atoms in total.